The van der Waals surface area contributed by atoms with Crippen molar-refractivity contribution in [1.82, 2.24) is 19.3 Å². The van der Waals surface area contributed by atoms with Crippen molar-refractivity contribution in [3.05, 3.63) is 144 Å². The number of hydrogen-bond acceptors (Lipinski definition) is 4. The molecule has 4 aromatic carbocycles. The van der Waals surface area contributed by atoms with E-state index in [4.69, 9.17) is 16.4 Å². The summed E-state index contributed by atoms with van der Waals surface area (Å²) in [6.07, 6.45) is 1.97. The Morgan fingerprint density at radius 3 is 2.45 bits per heavy atom. The summed E-state index contributed by atoms with van der Waals surface area (Å²) in [6.45, 7) is 9.84. The minimum atomic E-state index is 0.127. The molecule has 7 nitrogen and oxygen atoms in total. The molecule has 0 aliphatic carbocycles. The SMILES string of the molecule is [C-]#[N+]Cc1c(-c2ccccc2)c(CC#N)nn1-c1cccc(Oc2ccc3c4ccccc4n(-c4cc(C)ccn4)c3c2)c1. The molecule has 0 radical (unpaired) electrons. The fraction of sp³-hybridized carbons (Fsp3) is 0.0811. The van der Waals surface area contributed by atoms with E-state index in [0.717, 1.165) is 55.7 Å². The van der Waals surface area contributed by atoms with E-state index in [1.165, 1.54) is 0 Å². The van der Waals surface area contributed by atoms with Crippen molar-refractivity contribution in [2.24, 2.45) is 0 Å². The van der Waals surface area contributed by atoms with E-state index in [1.54, 1.807) is 4.68 Å². The Morgan fingerprint density at radius 2 is 1.64 bits per heavy atom. The molecule has 0 atom stereocenters. The number of aryl methyl sites for hydroxylation is 1. The van der Waals surface area contributed by atoms with Crippen molar-refractivity contribution >= 4 is 21.8 Å². The molecule has 7 heteroatoms. The predicted octanol–water partition coefficient (Wildman–Crippen LogP) is 8.62. The highest BCUT2D eigenvalue weighted by atomic mass is 16.5. The van der Waals surface area contributed by atoms with Gasteiger partial charge in [0, 0.05) is 34.7 Å². The number of rotatable bonds is 7. The van der Waals surface area contributed by atoms with Crippen molar-refractivity contribution in [2.75, 3.05) is 0 Å². The zero-order valence-corrected chi connectivity index (χ0v) is 24.0. The van der Waals surface area contributed by atoms with Gasteiger partial charge >= 0.3 is 0 Å². The molecule has 3 aromatic heterocycles. The summed E-state index contributed by atoms with van der Waals surface area (Å²) in [5.74, 6) is 2.16. The van der Waals surface area contributed by atoms with Crippen LogP contribution in [0.5, 0.6) is 11.5 Å². The fourth-order valence-corrected chi connectivity index (χ4v) is 5.79. The van der Waals surface area contributed by atoms with Gasteiger partial charge in [0.2, 0.25) is 0 Å². The number of nitrogens with zero attached hydrogens (tertiary/aromatic N) is 6. The highest BCUT2D eigenvalue weighted by Gasteiger charge is 2.22. The summed E-state index contributed by atoms with van der Waals surface area (Å²) in [4.78, 5) is 8.37. The number of nitriles is 1. The van der Waals surface area contributed by atoms with Gasteiger partial charge in [0.05, 0.1) is 34.9 Å². The Balaban J connectivity index is 1.31. The lowest BCUT2D eigenvalue weighted by molar-refractivity contribution is 0.482. The van der Waals surface area contributed by atoms with Gasteiger partial charge in [-0.25, -0.2) is 16.2 Å². The Morgan fingerprint density at radius 1 is 0.841 bits per heavy atom. The van der Waals surface area contributed by atoms with Crippen LogP contribution >= 0.6 is 0 Å². The van der Waals surface area contributed by atoms with Crippen LogP contribution in [-0.4, -0.2) is 19.3 Å². The first-order chi connectivity index (χ1) is 21.6. The van der Waals surface area contributed by atoms with Crippen molar-refractivity contribution in [3.8, 4) is 40.2 Å². The van der Waals surface area contributed by atoms with Gasteiger partial charge in [0.15, 0.2) is 0 Å². The number of para-hydroxylation sites is 1. The van der Waals surface area contributed by atoms with Crippen LogP contribution in [0.1, 0.15) is 17.0 Å². The Labute approximate surface area is 254 Å². The highest BCUT2D eigenvalue weighted by Crippen LogP contribution is 2.36. The molecule has 0 N–H and O–H groups in total. The fourth-order valence-electron chi connectivity index (χ4n) is 5.79. The van der Waals surface area contributed by atoms with Gasteiger partial charge in [-0.3, -0.25) is 4.57 Å². The minimum absolute atomic E-state index is 0.127. The first kappa shape index (κ1) is 26.7. The van der Waals surface area contributed by atoms with Gasteiger partial charge in [0.25, 0.3) is 6.54 Å². The number of aromatic nitrogens is 4. The number of pyridine rings is 1. The lowest BCUT2D eigenvalue weighted by Gasteiger charge is -2.11. The first-order valence-corrected chi connectivity index (χ1v) is 14.3. The second-order valence-corrected chi connectivity index (χ2v) is 10.5. The number of ether oxygens (including phenoxy) is 1. The highest BCUT2D eigenvalue weighted by molar-refractivity contribution is 6.09. The van der Waals surface area contributed by atoms with Gasteiger partial charge < -0.3 is 9.58 Å². The van der Waals surface area contributed by atoms with E-state index in [9.17, 15) is 5.26 Å². The van der Waals surface area contributed by atoms with Crippen molar-refractivity contribution in [3.63, 3.8) is 0 Å². The van der Waals surface area contributed by atoms with Crippen LogP contribution in [0.2, 0.25) is 0 Å². The van der Waals surface area contributed by atoms with Crippen molar-refractivity contribution in [1.29, 1.82) is 5.26 Å². The minimum Gasteiger partial charge on any atom is -0.457 e. The van der Waals surface area contributed by atoms with Gasteiger partial charge in [-0.15, -0.1) is 0 Å². The molecule has 0 bridgehead atoms. The normalized spacial score (nSPS) is 11.0. The third-order valence-corrected chi connectivity index (χ3v) is 7.66. The Hall–Kier alpha value is -6.18. The number of fused-ring (bicyclic) bond motifs is 3. The average Bonchev–Trinajstić information content (AvgIpc) is 3.57. The monoisotopic (exact) mass is 570 g/mol. The zero-order chi connectivity index (χ0) is 30.0. The van der Waals surface area contributed by atoms with Crippen LogP contribution in [-0.2, 0) is 13.0 Å². The van der Waals surface area contributed by atoms with Crippen LogP contribution in [0.4, 0.5) is 0 Å². The lowest BCUT2D eigenvalue weighted by atomic mass is 10.0. The Bertz CT molecular complexity index is 2250. The molecule has 0 unspecified atom stereocenters. The summed E-state index contributed by atoms with van der Waals surface area (Å²) in [6, 6.07) is 38.2. The lowest BCUT2D eigenvalue weighted by Crippen LogP contribution is -2.02. The molecule has 3 heterocycles. The van der Waals surface area contributed by atoms with E-state index < -0.39 is 0 Å². The maximum atomic E-state index is 9.54. The number of benzene rings is 4. The molecule has 0 aliphatic rings. The average molecular weight is 571 g/mol. The van der Waals surface area contributed by atoms with E-state index >= 15 is 0 Å². The van der Waals surface area contributed by atoms with Crippen molar-refractivity contribution < 1.29 is 4.74 Å². The quantitative estimate of drug-likeness (QED) is 0.180. The second kappa shape index (κ2) is 11.2. The summed E-state index contributed by atoms with van der Waals surface area (Å²) in [7, 11) is 0. The summed E-state index contributed by atoms with van der Waals surface area (Å²) < 4.78 is 10.4. The molecule has 44 heavy (non-hydrogen) atoms. The zero-order valence-electron chi connectivity index (χ0n) is 24.0. The van der Waals surface area contributed by atoms with Gasteiger partial charge in [-0.05, 0) is 60.5 Å². The largest absolute Gasteiger partial charge is 0.457 e. The maximum Gasteiger partial charge on any atom is 0.257 e. The summed E-state index contributed by atoms with van der Waals surface area (Å²) in [5, 5.41) is 16.6. The van der Waals surface area contributed by atoms with Crippen LogP contribution < -0.4 is 4.74 Å². The molecule has 0 aliphatic heterocycles. The Kier molecular flexibility index (Phi) is 6.82. The molecule has 7 rings (SSSR count). The van der Waals surface area contributed by atoms with E-state index in [-0.39, 0.29) is 13.0 Å². The van der Waals surface area contributed by atoms with Gasteiger partial charge in [-0.1, -0.05) is 54.6 Å². The molecule has 0 fully saturated rings. The third-order valence-electron chi connectivity index (χ3n) is 7.66. The first-order valence-electron chi connectivity index (χ1n) is 14.3. The smallest absolute Gasteiger partial charge is 0.257 e. The van der Waals surface area contributed by atoms with Crippen LogP contribution in [0.15, 0.2) is 115 Å². The maximum absolute atomic E-state index is 9.54. The molecule has 7 aromatic rings. The van der Waals surface area contributed by atoms with Crippen LogP contribution in [0.3, 0.4) is 0 Å². The standard InChI is InChI=1S/C37H26N6O/c1-25-18-20-40-36(21-25)42-33-14-7-6-13-30(33)31-16-15-29(23-34(31)42)44-28-12-8-11-27(22-28)43-35(24-39-2)37(32(41-43)17-19-38)26-9-4-3-5-10-26/h3-16,18,20-23H,17,24H2,1H3. The molecular formula is C37H26N6O. The topological polar surface area (TPSA) is 73.0 Å². The van der Waals surface area contributed by atoms with Gasteiger partial charge in [-0.2, -0.15) is 10.4 Å². The predicted molar refractivity (Wildman–Crippen MR) is 172 cm³/mol. The van der Waals surface area contributed by atoms with E-state index in [1.807, 2.05) is 85.1 Å². The summed E-state index contributed by atoms with van der Waals surface area (Å²) in [5.41, 5.74) is 7.11. The van der Waals surface area contributed by atoms with Crippen molar-refractivity contribution in [2.45, 2.75) is 19.9 Å². The molecule has 0 amide bonds. The molecule has 0 saturated heterocycles. The summed E-state index contributed by atoms with van der Waals surface area (Å²) >= 11 is 0. The van der Waals surface area contributed by atoms with Crippen LogP contribution in [0.25, 0.3) is 49.3 Å². The second-order valence-electron chi connectivity index (χ2n) is 10.5. The van der Waals surface area contributed by atoms with Gasteiger partial charge in [0.1, 0.15) is 23.0 Å². The van der Waals surface area contributed by atoms with E-state index in [0.29, 0.717) is 17.2 Å². The molecule has 0 saturated carbocycles. The van der Waals surface area contributed by atoms with E-state index in [2.05, 4.69) is 57.7 Å². The molecule has 0 spiro atoms. The molecular weight excluding hydrogens is 544 g/mol. The molecule has 210 valence electrons. The third kappa shape index (κ3) is 4.73. The number of hydrogen-bond donors (Lipinski definition) is 0. The van der Waals surface area contributed by atoms with Crippen LogP contribution in [0, 0.1) is 24.8 Å².